The van der Waals surface area contributed by atoms with Crippen LogP contribution in [0.5, 0.6) is 0 Å². The molecule has 2 fully saturated rings. The van der Waals surface area contributed by atoms with Crippen LogP contribution >= 0.6 is 11.6 Å². The predicted molar refractivity (Wildman–Crippen MR) is 353 cm³/mol. The lowest BCUT2D eigenvalue weighted by Gasteiger charge is -2.34. The highest BCUT2D eigenvalue weighted by Gasteiger charge is 2.23. The van der Waals surface area contributed by atoms with E-state index >= 15 is 0 Å². The van der Waals surface area contributed by atoms with Crippen LogP contribution < -0.4 is 10.6 Å². The first kappa shape index (κ1) is 72.7. The Morgan fingerprint density at radius 1 is 0.512 bits per heavy atom. The van der Waals surface area contributed by atoms with E-state index in [2.05, 4.69) is 123 Å². The number of aromatic nitrogens is 6. The molecule has 8 aromatic rings. The van der Waals surface area contributed by atoms with Crippen molar-refractivity contribution in [2.45, 2.75) is 108 Å². The number of piperazine rings is 2. The van der Waals surface area contributed by atoms with Crippen molar-refractivity contribution in [1.29, 1.82) is 0 Å². The SMILES string of the molecule is C.CC.CC.CC.CCN(CCNC)Cc1cncn1Cc1ccccc1.ClCc1cncn1Cc1ccccc1.O=C(OCc1ccccc1)N1CCN(Cc2cncn2Cc2ccccc2)CC1.O=C(OCc1ccccc1)N1CCNCC1. The Labute approximate surface area is 520 Å². The Bertz CT molecular complexity index is 2900. The van der Waals surface area contributed by atoms with E-state index in [0.29, 0.717) is 32.2 Å². The Hall–Kier alpha value is -7.60. The normalized spacial score (nSPS) is 12.4. The Balaban J connectivity index is 0.000000301. The van der Waals surface area contributed by atoms with Crippen molar-refractivity contribution in [3.8, 4) is 0 Å². The van der Waals surface area contributed by atoms with Crippen LogP contribution in [0.3, 0.4) is 0 Å². The van der Waals surface area contributed by atoms with E-state index in [4.69, 9.17) is 21.1 Å². The first-order valence-corrected chi connectivity index (χ1v) is 30.8. The van der Waals surface area contributed by atoms with Crippen molar-refractivity contribution in [3.63, 3.8) is 0 Å². The van der Waals surface area contributed by atoms with Gasteiger partial charge in [0.1, 0.15) is 13.2 Å². The third kappa shape index (κ3) is 27.2. The fourth-order valence-electron chi connectivity index (χ4n) is 8.82. The van der Waals surface area contributed by atoms with Crippen molar-refractivity contribution in [3.05, 3.63) is 234 Å². The number of likely N-dealkylation sites (N-methyl/N-ethyl adjacent to an activating group) is 2. The second-order valence-electron chi connectivity index (χ2n) is 19.2. The number of ether oxygens (including phenoxy) is 2. The summed E-state index contributed by atoms with van der Waals surface area (Å²) < 4.78 is 17.2. The van der Waals surface area contributed by atoms with E-state index in [1.165, 1.54) is 28.1 Å². The van der Waals surface area contributed by atoms with Crippen molar-refractivity contribution in [2.75, 3.05) is 79.0 Å². The van der Waals surface area contributed by atoms with Gasteiger partial charge in [0.15, 0.2) is 0 Å². The number of amides is 2. The molecule has 466 valence electrons. The van der Waals surface area contributed by atoms with Gasteiger partial charge in [-0.1, -0.05) is 208 Å². The van der Waals surface area contributed by atoms with Gasteiger partial charge < -0.3 is 43.6 Å². The predicted octanol–water partition coefficient (Wildman–Crippen LogP) is 13.0. The van der Waals surface area contributed by atoms with Crippen LogP contribution in [0.1, 0.15) is 101 Å². The zero-order valence-electron chi connectivity index (χ0n) is 51.8. The molecule has 2 aliphatic rings. The lowest BCUT2D eigenvalue weighted by molar-refractivity contribution is 0.0695. The molecule has 2 N–H and O–H groups in total. The first-order chi connectivity index (χ1) is 41.9. The molecule has 2 aliphatic heterocycles. The number of rotatable bonds is 19. The zero-order chi connectivity index (χ0) is 61.1. The summed E-state index contributed by atoms with van der Waals surface area (Å²) in [5.74, 6) is 0.507. The summed E-state index contributed by atoms with van der Waals surface area (Å²) in [6.07, 6.45) is 10.9. The van der Waals surface area contributed by atoms with Gasteiger partial charge in [-0.15, -0.1) is 11.6 Å². The van der Waals surface area contributed by atoms with Crippen LogP contribution in [0.2, 0.25) is 0 Å². The minimum Gasteiger partial charge on any atom is -0.445 e. The number of carbonyl (C=O) groups excluding carboxylic acids is 2. The standard InChI is InChI=1S/C23H26N4O2.C16H24N4.C12H16N2O2.C11H11ClN2.3C2H6.CH4/c28-23(29-18-21-9-5-2-6-10-21)26-13-11-25(12-14-26)17-22-15-24-19-27(22)16-20-7-3-1-4-8-20;1-3-19(10-9-17-2)13-16-11-18-14-20(16)12-15-7-5-4-6-8-15;15-12(14-8-6-13-7-9-14)16-10-11-4-2-1-3-5-11;12-6-11-7-13-9-14(11)8-10-4-2-1-3-5-10;3*1-2;/h1-10,15,19H,11-14,16-18H2;4-8,11,14,17H,3,9-10,12-13H2,1-2H3;1-5,13H,6-10H2;1-5,7,9H,6,8H2;3*1-2H3;1H4. The van der Waals surface area contributed by atoms with Crippen molar-refractivity contribution in [2.24, 2.45) is 0 Å². The molecule has 0 saturated carbocycles. The maximum absolute atomic E-state index is 12.3. The highest BCUT2D eigenvalue weighted by atomic mass is 35.5. The lowest BCUT2D eigenvalue weighted by atomic mass is 10.2. The first-order valence-electron chi connectivity index (χ1n) is 30.2. The molecule has 0 radical (unpaired) electrons. The maximum atomic E-state index is 12.3. The van der Waals surface area contributed by atoms with Crippen LogP contribution in [0.15, 0.2) is 189 Å². The lowest BCUT2D eigenvalue weighted by Crippen LogP contribution is -2.48. The average molecular weight is 1200 g/mol. The molecule has 2 amide bonds. The highest BCUT2D eigenvalue weighted by Crippen LogP contribution is 2.14. The summed E-state index contributed by atoms with van der Waals surface area (Å²) in [5, 5.41) is 6.40. The summed E-state index contributed by atoms with van der Waals surface area (Å²) in [4.78, 5) is 45.0. The zero-order valence-corrected chi connectivity index (χ0v) is 52.6. The molecular weight excluding hydrogens is 1100 g/mol. The van der Waals surface area contributed by atoms with Gasteiger partial charge in [-0.2, -0.15) is 0 Å². The van der Waals surface area contributed by atoms with Crippen LogP contribution in [-0.4, -0.2) is 139 Å². The Morgan fingerprint density at radius 2 is 0.872 bits per heavy atom. The molecule has 5 heterocycles. The van der Waals surface area contributed by atoms with Gasteiger partial charge in [-0.25, -0.2) is 24.5 Å². The van der Waals surface area contributed by atoms with E-state index in [0.717, 1.165) is 108 Å². The number of hydrogen-bond donors (Lipinski definition) is 2. The van der Waals surface area contributed by atoms with E-state index in [1.807, 2.05) is 165 Å². The van der Waals surface area contributed by atoms with E-state index in [1.54, 1.807) is 16.0 Å². The molecule has 16 nitrogen and oxygen atoms in total. The van der Waals surface area contributed by atoms with Crippen molar-refractivity contribution in [1.82, 2.24) is 58.9 Å². The second kappa shape index (κ2) is 44.8. The molecule has 0 bridgehead atoms. The van der Waals surface area contributed by atoms with Crippen molar-refractivity contribution < 1.29 is 19.1 Å². The number of alkyl halides is 1. The van der Waals surface area contributed by atoms with Crippen LogP contribution in [0.4, 0.5) is 9.59 Å². The van der Waals surface area contributed by atoms with Crippen molar-refractivity contribution >= 4 is 23.8 Å². The molecule has 10 rings (SSSR count). The molecule has 5 aromatic carbocycles. The number of halogens is 1. The molecule has 86 heavy (non-hydrogen) atoms. The number of benzene rings is 5. The summed E-state index contributed by atoms with van der Waals surface area (Å²) in [7, 11) is 1.99. The van der Waals surface area contributed by atoms with Gasteiger partial charge >= 0.3 is 12.2 Å². The fraction of sp³-hybridized carbons (Fsp3) is 0.406. The number of nitrogens with one attached hydrogen (secondary N) is 2. The van der Waals surface area contributed by atoms with Gasteiger partial charge in [0, 0.05) is 117 Å². The Morgan fingerprint density at radius 3 is 1.27 bits per heavy atom. The van der Waals surface area contributed by atoms with Crippen LogP contribution in [-0.2, 0) is 61.3 Å². The topological polar surface area (TPSA) is 143 Å². The van der Waals surface area contributed by atoms with Crippen LogP contribution in [0.25, 0.3) is 0 Å². The van der Waals surface area contributed by atoms with E-state index < -0.39 is 0 Å². The van der Waals surface area contributed by atoms with E-state index in [-0.39, 0.29) is 19.6 Å². The number of imidazole rings is 3. The molecular formula is C69H99ClN12O4. The number of carbonyl (C=O) groups is 2. The fourth-order valence-corrected chi connectivity index (χ4v) is 9.04. The van der Waals surface area contributed by atoms with Crippen LogP contribution in [0, 0.1) is 0 Å². The monoisotopic (exact) mass is 1190 g/mol. The number of nitrogens with zero attached hydrogens (tertiary/aromatic N) is 10. The van der Waals surface area contributed by atoms with Gasteiger partial charge in [-0.3, -0.25) is 9.80 Å². The third-order valence-corrected chi connectivity index (χ3v) is 13.7. The average Bonchev–Trinajstić information content (AvgIpc) is 4.19. The smallest absolute Gasteiger partial charge is 0.410 e. The largest absolute Gasteiger partial charge is 0.445 e. The summed E-state index contributed by atoms with van der Waals surface area (Å²) in [5.41, 5.74) is 9.37. The van der Waals surface area contributed by atoms with Gasteiger partial charge in [0.25, 0.3) is 0 Å². The number of hydrogen-bond acceptors (Lipinski definition) is 11. The maximum Gasteiger partial charge on any atom is 0.410 e. The molecule has 0 atom stereocenters. The molecule has 0 spiro atoms. The molecule has 3 aromatic heterocycles. The minimum absolute atomic E-state index is 0. The quantitative estimate of drug-likeness (QED) is 0.0747. The Kier molecular flexibility index (Phi) is 37.9. The minimum atomic E-state index is -0.234. The molecule has 0 aliphatic carbocycles. The summed E-state index contributed by atoms with van der Waals surface area (Å²) >= 11 is 5.78. The molecule has 17 heteroatoms. The highest BCUT2D eigenvalue weighted by molar-refractivity contribution is 6.16. The molecule has 0 unspecified atom stereocenters. The summed E-state index contributed by atoms with van der Waals surface area (Å²) in [6.45, 7) is 28.5. The van der Waals surface area contributed by atoms with E-state index in [9.17, 15) is 9.59 Å². The summed E-state index contributed by atoms with van der Waals surface area (Å²) in [6, 6.07) is 50.7. The van der Waals surface area contributed by atoms with Gasteiger partial charge in [0.05, 0.1) is 41.9 Å². The van der Waals surface area contributed by atoms with Gasteiger partial charge in [0.2, 0.25) is 0 Å². The molecule has 2 saturated heterocycles. The third-order valence-electron chi connectivity index (χ3n) is 13.4. The second-order valence-corrected chi connectivity index (χ2v) is 19.4. The van der Waals surface area contributed by atoms with Gasteiger partial charge in [-0.05, 0) is 41.4 Å².